The van der Waals surface area contributed by atoms with Gasteiger partial charge in [0, 0.05) is 0 Å². The standard InChI is InChI=1S/C5H9Br3/c1-4(2,3)5(6,7)8/h1-3H3. The predicted molar refractivity (Wildman–Crippen MR) is 49.0 cm³/mol. The average molecular weight is 309 g/mol. The highest BCUT2D eigenvalue weighted by Gasteiger charge is 2.33. The number of halogens is 3. The quantitative estimate of drug-likeness (QED) is 0.596. The second-order valence-corrected chi connectivity index (χ2v) is 9.51. The zero-order valence-corrected chi connectivity index (χ0v) is 9.89. The van der Waals surface area contributed by atoms with Crippen molar-refractivity contribution in [1.82, 2.24) is 0 Å². The van der Waals surface area contributed by atoms with Crippen LogP contribution in [-0.2, 0) is 0 Å². The molecule has 0 aliphatic heterocycles. The maximum Gasteiger partial charge on any atom is 0.139 e. The lowest BCUT2D eigenvalue weighted by Gasteiger charge is -2.28. The van der Waals surface area contributed by atoms with Crippen LogP contribution in [0.3, 0.4) is 0 Å². The molecule has 0 fully saturated rings. The summed E-state index contributed by atoms with van der Waals surface area (Å²) in [6.07, 6.45) is 0. The van der Waals surface area contributed by atoms with Crippen molar-refractivity contribution in [2.24, 2.45) is 5.41 Å². The normalized spacial score (nSPS) is 14.2. The number of hydrogen-bond acceptors (Lipinski definition) is 0. The molecule has 0 saturated heterocycles. The number of alkyl halides is 3. The Balaban J connectivity index is 4.02. The van der Waals surface area contributed by atoms with Crippen LogP contribution in [0.2, 0.25) is 0 Å². The van der Waals surface area contributed by atoms with Crippen LogP contribution in [0.5, 0.6) is 0 Å². The molecule has 0 aromatic heterocycles. The van der Waals surface area contributed by atoms with Gasteiger partial charge in [-0.25, -0.2) is 0 Å². The minimum atomic E-state index is -0.125. The predicted octanol–water partition coefficient (Wildman–Crippen LogP) is 3.87. The third-order valence-corrected chi connectivity index (χ3v) is 4.42. The summed E-state index contributed by atoms with van der Waals surface area (Å²) >= 11 is 10.3. The molecule has 0 aromatic rings. The van der Waals surface area contributed by atoms with Gasteiger partial charge in [-0.15, -0.1) is 0 Å². The third kappa shape index (κ3) is 2.83. The fourth-order valence-electron chi connectivity index (χ4n) is 0. The molecule has 0 N–H and O–H groups in total. The second-order valence-electron chi connectivity index (χ2n) is 2.75. The Kier molecular flexibility index (Phi) is 3.05. The molecule has 0 saturated carbocycles. The Morgan fingerprint density at radius 1 is 0.875 bits per heavy atom. The fraction of sp³-hybridized carbons (Fsp3) is 1.00. The first kappa shape index (κ1) is 9.44. The van der Waals surface area contributed by atoms with E-state index in [4.69, 9.17) is 0 Å². The highest BCUT2D eigenvalue weighted by atomic mass is 80.0. The summed E-state index contributed by atoms with van der Waals surface area (Å²) in [6.45, 7) is 6.39. The Morgan fingerprint density at radius 2 is 1.00 bits per heavy atom. The number of rotatable bonds is 0. The molecule has 3 heteroatoms. The Morgan fingerprint density at radius 3 is 1.00 bits per heavy atom. The van der Waals surface area contributed by atoms with Crippen LogP contribution >= 0.6 is 47.8 Å². The van der Waals surface area contributed by atoms with E-state index in [0.29, 0.717) is 0 Å². The van der Waals surface area contributed by atoms with E-state index in [1.54, 1.807) is 0 Å². The Bertz CT molecular complexity index is 62.7. The zero-order valence-electron chi connectivity index (χ0n) is 5.13. The molecule has 0 amide bonds. The maximum atomic E-state index is 3.43. The molecular weight excluding hydrogens is 300 g/mol. The van der Waals surface area contributed by atoms with Gasteiger partial charge in [0.05, 0.1) is 0 Å². The first-order valence-electron chi connectivity index (χ1n) is 2.32. The van der Waals surface area contributed by atoms with E-state index in [1.807, 2.05) is 0 Å². The van der Waals surface area contributed by atoms with Crippen LogP contribution in [-0.4, -0.2) is 2.14 Å². The first-order chi connectivity index (χ1) is 3.25. The summed E-state index contributed by atoms with van der Waals surface area (Å²) in [6, 6.07) is 0. The van der Waals surface area contributed by atoms with Gasteiger partial charge in [0.1, 0.15) is 2.14 Å². The largest absolute Gasteiger partial charge is 0.139 e. The van der Waals surface area contributed by atoms with E-state index in [-0.39, 0.29) is 7.56 Å². The van der Waals surface area contributed by atoms with E-state index in [2.05, 4.69) is 68.6 Å². The van der Waals surface area contributed by atoms with E-state index in [1.165, 1.54) is 0 Å². The molecular formula is C5H9Br3. The monoisotopic (exact) mass is 306 g/mol. The topological polar surface area (TPSA) is 0 Å². The van der Waals surface area contributed by atoms with Gasteiger partial charge in [-0.3, -0.25) is 0 Å². The molecule has 50 valence electrons. The molecule has 0 heterocycles. The SMILES string of the molecule is CC(C)(C)C(Br)(Br)Br. The van der Waals surface area contributed by atoms with E-state index < -0.39 is 0 Å². The lowest BCUT2D eigenvalue weighted by molar-refractivity contribution is 0.453. The summed E-state index contributed by atoms with van der Waals surface area (Å²) in [4.78, 5) is 0. The zero-order chi connectivity index (χ0) is 7.00. The van der Waals surface area contributed by atoms with Crippen LogP contribution < -0.4 is 0 Å². The minimum absolute atomic E-state index is 0.125. The second kappa shape index (κ2) is 2.59. The highest BCUT2D eigenvalue weighted by molar-refractivity contribution is 9.39. The van der Waals surface area contributed by atoms with Crippen LogP contribution in [0.15, 0.2) is 0 Å². The minimum Gasteiger partial charge on any atom is -0.0594 e. The highest BCUT2D eigenvalue weighted by Crippen LogP contribution is 2.48. The summed E-state index contributed by atoms with van der Waals surface area (Å²) in [5, 5.41) is 0. The van der Waals surface area contributed by atoms with E-state index >= 15 is 0 Å². The molecule has 0 unspecified atom stereocenters. The van der Waals surface area contributed by atoms with Crippen molar-refractivity contribution >= 4 is 47.8 Å². The molecule has 0 nitrogen and oxygen atoms in total. The van der Waals surface area contributed by atoms with Crippen LogP contribution in [0.1, 0.15) is 20.8 Å². The lowest BCUT2D eigenvalue weighted by Crippen LogP contribution is -2.22. The summed E-state index contributed by atoms with van der Waals surface area (Å²) in [5.74, 6) is 0. The van der Waals surface area contributed by atoms with Gasteiger partial charge >= 0.3 is 0 Å². The molecule has 0 radical (unpaired) electrons. The van der Waals surface area contributed by atoms with Gasteiger partial charge in [0.15, 0.2) is 0 Å². The van der Waals surface area contributed by atoms with Crippen molar-refractivity contribution in [2.45, 2.75) is 22.9 Å². The summed E-state index contributed by atoms with van der Waals surface area (Å²) in [5.41, 5.74) is 0.188. The third-order valence-electron chi connectivity index (χ3n) is 0.850. The molecule has 0 atom stereocenters. The van der Waals surface area contributed by atoms with Gasteiger partial charge < -0.3 is 0 Å². The molecule has 0 aliphatic carbocycles. The van der Waals surface area contributed by atoms with Gasteiger partial charge in [0.2, 0.25) is 0 Å². The van der Waals surface area contributed by atoms with Gasteiger partial charge in [-0.1, -0.05) is 68.6 Å². The smallest absolute Gasteiger partial charge is 0.0594 e. The van der Waals surface area contributed by atoms with E-state index in [0.717, 1.165) is 0 Å². The Hall–Kier alpha value is 1.44. The van der Waals surface area contributed by atoms with Crippen molar-refractivity contribution < 1.29 is 0 Å². The molecule has 0 rings (SSSR count). The lowest BCUT2D eigenvalue weighted by atomic mass is 10.0. The van der Waals surface area contributed by atoms with Crippen molar-refractivity contribution in [1.29, 1.82) is 0 Å². The van der Waals surface area contributed by atoms with Crippen molar-refractivity contribution in [3.63, 3.8) is 0 Å². The molecule has 0 bridgehead atoms. The summed E-state index contributed by atoms with van der Waals surface area (Å²) in [7, 11) is 0. The number of hydrogen-bond donors (Lipinski definition) is 0. The van der Waals surface area contributed by atoms with Crippen LogP contribution in [0, 0.1) is 5.41 Å². The molecule has 8 heavy (non-hydrogen) atoms. The fourth-order valence-corrected chi connectivity index (χ4v) is 0. The molecule has 0 spiro atoms. The van der Waals surface area contributed by atoms with Crippen molar-refractivity contribution in [3.05, 3.63) is 0 Å². The Labute approximate surface area is 75.8 Å². The van der Waals surface area contributed by atoms with E-state index in [9.17, 15) is 0 Å². The summed E-state index contributed by atoms with van der Waals surface area (Å²) < 4.78 is -0.125. The van der Waals surface area contributed by atoms with Gasteiger partial charge in [-0.2, -0.15) is 0 Å². The average Bonchev–Trinajstić information content (AvgIpc) is 1.25. The first-order valence-corrected chi connectivity index (χ1v) is 4.70. The van der Waals surface area contributed by atoms with Crippen LogP contribution in [0.25, 0.3) is 0 Å². The van der Waals surface area contributed by atoms with Gasteiger partial charge in [-0.05, 0) is 5.41 Å². The van der Waals surface area contributed by atoms with Crippen molar-refractivity contribution in [2.75, 3.05) is 0 Å². The van der Waals surface area contributed by atoms with Crippen LogP contribution in [0.4, 0.5) is 0 Å². The molecule has 0 aromatic carbocycles. The van der Waals surface area contributed by atoms with Gasteiger partial charge in [0.25, 0.3) is 0 Å². The van der Waals surface area contributed by atoms with Crippen molar-refractivity contribution in [3.8, 4) is 0 Å². The molecule has 0 aliphatic rings. The maximum absolute atomic E-state index is 3.43.